The lowest BCUT2D eigenvalue weighted by molar-refractivity contribution is -0.126. The number of amides is 2. The highest BCUT2D eigenvalue weighted by atomic mass is 32.2. The number of hydrogen-bond acceptors (Lipinski definition) is 4. The summed E-state index contributed by atoms with van der Waals surface area (Å²) < 4.78 is 15.3. The van der Waals surface area contributed by atoms with Crippen LogP contribution < -0.4 is 10.6 Å². The van der Waals surface area contributed by atoms with E-state index >= 15 is 0 Å². The van der Waals surface area contributed by atoms with Crippen molar-refractivity contribution >= 4 is 29.3 Å². The van der Waals surface area contributed by atoms with E-state index in [1.165, 1.54) is 24.0 Å². The summed E-state index contributed by atoms with van der Waals surface area (Å²) in [5, 5.41) is 9.00. The third kappa shape index (κ3) is 3.76. The van der Waals surface area contributed by atoms with E-state index in [0.717, 1.165) is 0 Å². The molecule has 1 aromatic heterocycles. The molecular formula is C16H17FN4O2S. The van der Waals surface area contributed by atoms with Crippen molar-refractivity contribution in [2.24, 2.45) is 7.05 Å². The standard InChI is InChI=1S/C16H17FN4O2S/c1-21-8-11(7-18-21)19-15(22)13-9-24-14(16(23)20-13)6-10-4-2-3-5-12(10)17/h2-5,7-8,13-14H,6,9H2,1H3,(H,19,22)(H,20,23)/t13-,14-/m1/s1. The van der Waals surface area contributed by atoms with Gasteiger partial charge in [0.05, 0.1) is 17.1 Å². The molecule has 2 heterocycles. The second kappa shape index (κ2) is 7.04. The molecule has 1 fully saturated rings. The molecule has 1 saturated heterocycles. The maximum atomic E-state index is 13.7. The second-order valence-corrected chi connectivity index (χ2v) is 6.81. The Bertz CT molecular complexity index is 764. The normalized spacial score (nSPS) is 20.5. The summed E-state index contributed by atoms with van der Waals surface area (Å²) in [6.45, 7) is 0. The number of rotatable bonds is 4. The van der Waals surface area contributed by atoms with Gasteiger partial charge in [-0.15, -0.1) is 11.8 Å². The van der Waals surface area contributed by atoms with Crippen LogP contribution in [0.5, 0.6) is 0 Å². The van der Waals surface area contributed by atoms with Gasteiger partial charge in [0, 0.05) is 19.0 Å². The SMILES string of the molecule is Cn1cc(NC(=O)[C@H]2CS[C@H](Cc3ccccc3F)C(=O)N2)cn1. The molecule has 3 rings (SSSR count). The van der Waals surface area contributed by atoms with Gasteiger partial charge in [0.25, 0.3) is 0 Å². The van der Waals surface area contributed by atoms with E-state index in [1.807, 2.05) is 0 Å². The first-order valence-electron chi connectivity index (χ1n) is 7.48. The van der Waals surface area contributed by atoms with Gasteiger partial charge >= 0.3 is 0 Å². The molecule has 1 aromatic carbocycles. The van der Waals surface area contributed by atoms with E-state index in [0.29, 0.717) is 23.4 Å². The Labute approximate surface area is 142 Å². The maximum absolute atomic E-state index is 13.7. The van der Waals surface area contributed by atoms with Gasteiger partial charge in [0.15, 0.2) is 0 Å². The van der Waals surface area contributed by atoms with E-state index in [-0.39, 0.29) is 17.6 Å². The third-order valence-electron chi connectivity index (χ3n) is 3.73. The molecule has 2 aromatic rings. The zero-order valence-electron chi connectivity index (χ0n) is 13.0. The number of anilines is 1. The van der Waals surface area contributed by atoms with Crippen molar-refractivity contribution in [3.63, 3.8) is 0 Å². The van der Waals surface area contributed by atoms with Crippen LogP contribution >= 0.6 is 11.8 Å². The summed E-state index contributed by atoms with van der Waals surface area (Å²) in [6.07, 6.45) is 3.52. The number of halogens is 1. The van der Waals surface area contributed by atoms with Crippen molar-refractivity contribution in [1.82, 2.24) is 15.1 Å². The smallest absolute Gasteiger partial charge is 0.247 e. The summed E-state index contributed by atoms with van der Waals surface area (Å²) >= 11 is 1.37. The fraction of sp³-hybridized carbons (Fsp3) is 0.312. The molecule has 2 amide bonds. The molecule has 8 heteroatoms. The lowest BCUT2D eigenvalue weighted by Gasteiger charge is -2.28. The Kier molecular flexibility index (Phi) is 4.84. The van der Waals surface area contributed by atoms with Crippen molar-refractivity contribution in [1.29, 1.82) is 0 Å². The largest absolute Gasteiger partial charge is 0.343 e. The zero-order valence-corrected chi connectivity index (χ0v) is 13.8. The van der Waals surface area contributed by atoms with Gasteiger partial charge in [0.2, 0.25) is 11.8 Å². The van der Waals surface area contributed by atoms with E-state index in [4.69, 9.17) is 0 Å². The molecule has 24 heavy (non-hydrogen) atoms. The molecule has 0 spiro atoms. The summed E-state index contributed by atoms with van der Waals surface area (Å²) in [5.41, 5.74) is 1.08. The molecule has 0 aliphatic carbocycles. The lowest BCUT2D eigenvalue weighted by atomic mass is 10.1. The van der Waals surface area contributed by atoms with Crippen LogP contribution in [0.4, 0.5) is 10.1 Å². The first-order chi connectivity index (χ1) is 11.5. The average molecular weight is 348 g/mol. The minimum absolute atomic E-state index is 0.249. The average Bonchev–Trinajstić information content (AvgIpc) is 2.96. The molecule has 0 bridgehead atoms. The van der Waals surface area contributed by atoms with E-state index in [9.17, 15) is 14.0 Å². The molecule has 0 radical (unpaired) electrons. The maximum Gasteiger partial charge on any atom is 0.247 e. The minimum atomic E-state index is -0.612. The Balaban J connectivity index is 1.58. The molecule has 1 aliphatic rings. The van der Waals surface area contributed by atoms with Gasteiger partial charge in [0.1, 0.15) is 11.9 Å². The van der Waals surface area contributed by atoms with Gasteiger partial charge in [-0.05, 0) is 18.1 Å². The number of aromatic nitrogens is 2. The van der Waals surface area contributed by atoms with Crippen LogP contribution in [0.3, 0.4) is 0 Å². The Morgan fingerprint density at radius 1 is 1.50 bits per heavy atom. The first kappa shape index (κ1) is 16.5. The van der Waals surface area contributed by atoms with E-state index in [1.54, 1.807) is 36.1 Å². The highest BCUT2D eigenvalue weighted by Gasteiger charge is 2.32. The summed E-state index contributed by atoms with van der Waals surface area (Å²) in [7, 11) is 1.75. The van der Waals surface area contributed by atoms with Gasteiger partial charge in [-0.3, -0.25) is 14.3 Å². The number of nitrogens with zero attached hydrogens (tertiary/aromatic N) is 2. The first-order valence-corrected chi connectivity index (χ1v) is 8.52. The Morgan fingerprint density at radius 2 is 2.29 bits per heavy atom. The molecule has 6 nitrogen and oxygen atoms in total. The van der Waals surface area contributed by atoms with E-state index in [2.05, 4.69) is 15.7 Å². The van der Waals surface area contributed by atoms with Crippen molar-refractivity contribution < 1.29 is 14.0 Å². The highest BCUT2D eigenvalue weighted by molar-refractivity contribution is 8.00. The van der Waals surface area contributed by atoms with Crippen molar-refractivity contribution in [2.45, 2.75) is 17.7 Å². The number of hydrogen-bond donors (Lipinski definition) is 2. The number of carbonyl (C=O) groups excluding carboxylic acids is 2. The van der Waals surface area contributed by atoms with Crippen LogP contribution in [0.25, 0.3) is 0 Å². The molecule has 0 unspecified atom stereocenters. The minimum Gasteiger partial charge on any atom is -0.343 e. The quantitative estimate of drug-likeness (QED) is 0.874. The number of carbonyl (C=O) groups is 2. The second-order valence-electron chi connectivity index (χ2n) is 5.57. The Morgan fingerprint density at radius 3 is 2.96 bits per heavy atom. The number of nitrogens with one attached hydrogen (secondary N) is 2. The number of aryl methyl sites for hydroxylation is 1. The zero-order chi connectivity index (χ0) is 17.1. The van der Waals surface area contributed by atoms with Crippen LogP contribution in [0.1, 0.15) is 5.56 Å². The van der Waals surface area contributed by atoms with Crippen LogP contribution in [-0.4, -0.2) is 38.6 Å². The fourth-order valence-electron chi connectivity index (χ4n) is 2.47. The van der Waals surface area contributed by atoms with Crippen LogP contribution in [0.2, 0.25) is 0 Å². The predicted octanol–water partition coefficient (Wildman–Crippen LogP) is 1.34. The fourth-order valence-corrected chi connectivity index (χ4v) is 3.64. The van der Waals surface area contributed by atoms with Gasteiger partial charge in [-0.1, -0.05) is 18.2 Å². The summed E-state index contributed by atoms with van der Waals surface area (Å²) in [5.74, 6) is -0.409. The monoisotopic (exact) mass is 348 g/mol. The van der Waals surface area contributed by atoms with Crippen LogP contribution in [-0.2, 0) is 23.1 Å². The lowest BCUT2D eigenvalue weighted by Crippen LogP contribution is -2.52. The van der Waals surface area contributed by atoms with Gasteiger partial charge in [-0.2, -0.15) is 5.10 Å². The summed E-state index contributed by atoms with van der Waals surface area (Å²) in [4.78, 5) is 24.4. The summed E-state index contributed by atoms with van der Waals surface area (Å²) in [6, 6.07) is 5.80. The van der Waals surface area contributed by atoms with Gasteiger partial charge in [-0.25, -0.2) is 4.39 Å². The number of thioether (sulfide) groups is 1. The van der Waals surface area contributed by atoms with E-state index < -0.39 is 11.3 Å². The molecule has 126 valence electrons. The third-order valence-corrected chi connectivity index (χ3v) is 5.03. The molecule has 2 atom stereocenters. The molecular weight excluding hydrogens is 331 g/mol. The molecule has 0 saturated carbocycles. The van der Waals surface area contributed by atoms with Crippen LogP contribution in [0, 0.1) is 5.82 Å². The number of benzene rings is 1. The van der Waals surface area contributed by atoms with Crippen molar-refractivity contribution in [2.75, 3.05) is 11.1 Å². The highest BCUT2D eigenvalue weighted by Crippen LogP contribution is 2.23. The topological polar surface area (TPSA) is 76.0 Å². The van der Waals surface area contributed by atoms with Gasteiger partial charge < -0.3 is 10.6 Å². The van der Waals surface area contributed by atoms with Crippen LogP contribution in [0.15, 0.2) is 36.7 Å². The molecule has 1 aliphatic heterocycles. The van der Waals surface area contributed by atoms with Crippen molar-refractivity contribution in [3.8, 4) is 0 Å². The molecule has 2 N–H and O–H groups in total. The Hall–Kier alpha value is -2.35. The predicted molar refractivity (Wildman–Crippen MR) is 90.1 cm³/mol. The van der Waals surface area contributed by atoms with Crippen molar-refractivity contribution in [3.05, 3.63) is 48.0 Å².